The second-order valence-corrected chi connectivity index (χ2v) is 2.81. The van der Waals surface area contributed by atoms with Crippen molar-refractivity contribution >= 4 is 5.91 Å². The number of hydrogen-bond donors (Lipinski definition) is 2. The summed E-state index contributed by atoms with van der Waals surface area (Å²) >= 11 is 0. The molecule has 82 valence electrons. The molecule has 0 unspecified atom stereocenters. The van der Waals surface area contributed by atoms with Crippen LogP contribution in [-0.2, 0) is 0 Å². The summed E-state index contributed by atoms with van der Waals surface area (Å²) in [5, 5.41) is 0. The molecule has 15 heavy (non-hydrogen) atoms. The van der Waals surface area contributed by atoms with Gasteiger partial charge in [-0.15, -0.1) is 0 Å². The maximum atomic E-state index is 11.5. The number of benzene rings is 1. The number of carbonyl (C=O) groups excluding carboxylic acids is 1. The quantitative estimate of drug-likeness (QED) is 0.713. The van der Waals surface area contributed by atoms with Gasteiger partial charge in [-0.1, -0.05) is 0 Å². The van der Waals surface area contributed by atoms with Crippen LogP contribution < -0.4 is 20.3 Å². The van der Waals surface area contributed by atoms with E-state index in [4.69, 9.17) is 9.47 Å². The molecule has 0 atom stereocenters. The number of carbonyl (C=O) groups is 1. The first-order valence-electron chi connectivity index (χ1n) is 4.41. The highest BCUT2D eigenvalue weighted by Crippen LogP contribution is 2.22. The van der Waals surface area contributed by atoms with Crippen molar-refractivity contribution in [3.05, 3.63) is 23.8 Å². The van der Waals surface area contributed by atoms with Gasteiger partial charge in [-0.3, -0.25) is 10.2 Å². The predicted molar refractivity (Wildman–Crippen MR) is 56.1 cm³/mol. The molecule has 1 aromatic carbocycles. The van der Waals surface area contributed by atoms with Crippen LogP contribution in [0, 0.1) is 0 Å². The number of methoxy groups -OCH3 is 2. The van der Waals surface area contributed by atoms with E-state index in [2.05, 4.69) is 10.9 Å². The Morgan fingerprint density at radius 1 is 1.13 bits per heavy atom. The van der Waals surface area contributed by atoms with Crippen molar-refractivity contribution < 1.29 is 14.3 Å². The van der Waals surface area contributed by atoms with Gasteiger partial charge in [-0.2, -0.15) is 0 Å². The van der Waals surface area contributed by atoms with Crippen molar-refractivity contribution in [3.8, 4) is 11.5 Å². The van der Waals surface area contributed by atoms with Crippen LogP contribution in [0.2, 0.25) is 0 Å². The van der Waals surface area contributed by atoms with Gasteiger partial charge in [0.2, 0.25) is 0 Å². The average Bonchev–Trinajstić information content (AvgIpc) is 2.28. The standard InChI is InChI=1S/C10H14N2O3/c1-11-12-10(13)7-4-8(14-2)6-9(5-7)15-3/h4-6,11H,1-3H3,(H,12,13). The zero-order valence-corrected chi connectivity index (χ0v) is 8.96. The Kier molecular flexibility index (Phi) is 3.93. The predicted octanol–water partition coefficient (Wildman–Crippen LogP) is 0.568. The summed E-state index contributed by atoms with van der Waals surface area (Å²) < 4.78 is 10.1. The van der Waals surface area contributed by atoms with E-state index in [1.165, 1.54) is 14.2 Å². The molecule has 0 saturated carbocycles. The number of hydrogen-bond acceptors (Lipinski definition) is 4. The third-order valence-corrected chi connectivity index (χ3v) is 1.85. The van der Waals surface area contributed by atoms with Crippen LogP contribution in [0.15, 0.2) is 18.2 Å². The maximum Gasteiger partial charge on any atom is 0.265 e. The third-order valence-electron chi connectivity index (χ3n) is 1.85. The first-order chi connectivity index (χ1) is 7.21. The van der Waals surface area contributed by atoms with Crippen molar-refractivity contribution in [2.75, 3.05) is 21.3 Å². The number of amides is 1. The van der Waals surface area contributed by atoms with E-state index in [1.807, 2.05) is 0 Å². The first kappa shape index (κ1) is 11.3. The summed E-state index contributed by atoms with van der Waals surface area (Å²) in [5.41, 5.74) is 5.50. The lowest BCUT2D eigenvalue weighted by Crippen LogP contribution is -2.34. The lowest BCUT2D eigenvalue weighted by Gasteiger charge is -2.08. The van der Waals surface area contributed by atoms with E-state index < -0.39 is 0 Å². The molecule has 0 fully saturated rings. The SMILES string of the molecule is CNNC(=O)c1cc(OC)cc(OC)c1. The van der Waals surface area contributed by atoms with Crippen LogP contribution in [0.3, 0.4) is 0 Å². The van der Waals surface area contributed by atoms with E-state index in [-0.39, 0.29) is 5.91 Å². The van der Waals surface area contributed by atoms with Gasteiger partial charge in [0.1, 0.15) is 11.5 Å². The van der Waals surface area contributed by atoms with E-state index in [1.54, 1.807) is 25.2 Å². The summed E-state index contributed by atoms with van der Waals surface area (Å²) in [5.74, 6) is 0.918. The molecule has 0 aliphatic rings. The molecule has 1 rings (SSSR count). The van der Waals surface area contributed by atoms with E-state index in [9.17, 15) is 4.79 Å². The molecule has 2 N–H and O–H groups in total. The molecule has 0 bridgehead atoms. The first-order valence-corrected chi connectivity index (χ1v) is 4.41. The smallest absolute Gasteiger partial charge is 0.265 e. The fourth-order valence-corrected chi connectivity index (χ4v) is 1.12. The second-order valence-electron chi connectivity index (χ2n) is 2.81. The summed E-state index contributed by atoms with van der Waals surface area (Å²) in [6, 6.07) is 4.97. The molecule has 0 spiro atoms. The lowest BCUT2D eigenvalue weighted by atomic mass is 10.2. The number of nitrogens with one attached hydrogen (secondary N) is 2. The third kappa shape index (κ3) is 2.85. The molecule has 0 radical (unpaired) electrons. The number of hydrazine groups is 1. The highest BCUT2D eigenvalue weighted by molar-refractivity contribution is 5.94. The van der Waals surface area contributed by atoms with Gasteiger partial charge in [-0.05, 0) is 12.1 Å². The fourth-order valence-electron chi connectivity index (χ4n) is 1.12. The number of rotatable bonds is 4. The Morgan fingerprint density at radius 3 is 2.07 bits per heavy atom. The van der Waals surface area contributed by atoms with Crippen molar-refractivity contribution in [2.24, 2.45) is 0 Å². The van der Waals surface area contributed by atoms with Crippen LogP contribution in [0.4, 0.5) is 0 Å². The molecular formula is C10H14N2O3. The molecular weight excluding hydrogens is 196 g/mol. The minimum atomic E-state index is -0.241. The Morgan fingerprint density at radius 2 is 1.67 bits per heavy atom. The highest BCUT2D eigenvalue weighted by atomic mass is 16.5. The van der Waals surface area contributed by atoms with Gasteiger partial charge in [0.15, 0.2) is 0 Å². The molecule has 0 saturated heterocycles. The summed E-state index contributed by atoms with van der Waals surface area (Å²) in [7, 11) is 4.69. The van der Waals surface area contributed by atoms with E-state index in [0.29, 0.717) is 17.1 Å². The van der Waals surface area contributed by atoms with Gasteiger partial charge in [0, 0.05) is 18.7 Å². The van der Waals surface area contributed by atoms with Crippen LogP contribution in [0.1, 0.15) is 10.4 Å². The van der Waals surface area contributed by atoms with Gasteiger partial charge in [0.25, 0.3) is 5.91 Å². The summed E-state index contributed by atoms with van der Waals surface area (Å²) in [6.07, 6.45) is 0. The van der Waals surface area contributed by atoms with E-state index >= 15 is 0 Å². The largest absolute Gasteiger partial charge is 0.497 e. The van der Waals surface area contributed by atoms with E-state index in [0.717, 1.165) is 0 Å². The van der Waals surface area contributed by atoms with Crippen molar-refractivity contribution in [2.45, 2.75) is 0 Å². The van der Waals surface area contributed by atoms with Gasteiger partial charge in [-0.25, -0.2) is 5.43 Å². The molecule has 1 aromatic rings. The average molecular weight is 210 g/mol. The van der Waals surface area contributed by atoms with Gasteiger partial charge < -0.3 is 9.47 Å². The molecule has 5 heteroatoms. The van der Waals surface area contributed by atoms with Crippen LogP contribution >= 0.6 is 0 Å². The maximum absolute atomic E-state index is 11.5. The van der Waals surface area contributed by atoms with Crippen LogP contribution in [0.25, 0.3) is 0 Å². The molecule has 5 nitrogen and oxygen atoms in total. The Labute approximate surface area is 88.3 Å². The zero-order chi connectivity index (χ0) is 11.3. The lowest BCUT2D eigenvalue weighted by molar-refractivity contribution is 0.0937. The van der Waals surface area contributed by atoms with Gasteiger partial charge in [0.05, 0.1) is 14.2 Å². The molecule has 0 aliphatic carbocycles. The topological polar surface area (TPSA) is 59.6 Å². The summed E-state index contributed by atoms with van der Waals surface area (Å²) in [4.78, 5) is 11.5. The summed E-state index contributed by atoms with van der Waals surface area (Å²) in [6.45, 7) is 0. The van der Waals surface area contributed by atoms with Crippen LogP contribution in [0.5, 0.6) is 11.5 Å². The van der Waals surface area contributed by atoms with Crippen LogP contribution in [-0.4, -0.2) is 27.2 Å². The minimum Gasteiger partial charge on any atom is -0.497 e. The Hall–Kier alpha value is -1.75. The normalized spacial score (nSPS) is 9.53. The zero-order valence-electron chi connectivity index (χ0n) is 8.96. The second kappa shape index (κ2) is 5.21. The molecule has 0 heterocycles. The highest BCUT2D eigenvalue weighted by Gasteiger charge is 2.08. The Balaban J connectivity index is 3.01. The molecule has 1 amide bonds. The minimum absolute atomic E-state index is 0.241. The van der Waals surface area contributed by atoms with Gasteiger partial charge >= 0.3 is 0 Å². The van der Waals surface area contributed by atoms with Crippen molar-refractivity contribution in [1.29, 1.82) is 0 Å². The van der Waals surface area contributed by atoms with Crippen molar-refractivity contribution in [1.82, 2.24) is 10.9 Å². The molecule has 0 aromatic heterocycles. The van der Waals surface area contributed by atoms with Crippen molar-refractivity contribution in [3.63, 3.8) is 0 Å². The monoisotopic (exact) mass is 210 g/mol. The fraction of sp³-hybridized carbons (Fsp3) is 0.300. The molecule has 0 aliphatic heterocycles. The Bertz CT molecular complexity index is 330. The number of ether oxygens (including phenoxy) is 2.